The van der Waals surface area contributed by atoms with Gasteiger partial charge in [0.05, 0.1) is 24.5 Å². The Bertz CT molecular complexity index is 1420. The Kier molecular flexibility index (Phi) is 5.44. The highest BCUT2D eigenvalue weighted by Crippen LogP contribution is 2.39. The number of rotatable bonds is 6. The molecule has 0 amide bonds. The fraction of sp³-hybridized carbons (Fsp3) is 0.154. The molecule has 1 aromatic heterocycles. The zero-order valence-corrected chi connectivity index (χ0v) is 17.9. The Morgan fingerprint density at radius 3 is 2.68 bits per heavy atom. The van der Waals surface area contributed by atoms with Crippen LogP contribution in [0.15, 0.2) is 65.1 Å². The van der Waals surface area contributed by atoms with Crippen LogP contribution in [0.25, 0.3) is 11.1 Å². The fourth-order valence-corrected chi connectivity index (χ4v) is 3.92. The number of hydrogen-bond acceptors (Lipinski definition) is 7. The molecule has 34 heavy (non-hydrogen) atoms. The predicted octanol–water partition coefficient (Wildman–Crippen LogP) is 4.87. The largest absolute Gasteiger partial charge is 0.493 e. The van der Waals surface area contributed by atoms with E-state index in [-0.39, 0.29) is 30.1 Å². The molecule has 4 aromatic rings. The van der Waals surface area contributed by atoms with Crippen LogP contribution in [0.5, 0.6) is 17.2 Å². The van der Waals surface area contributed by atoms with Crippen molar-refractivity contribution in [2.24, 2.45) is 0 Å². The number of nitrogens with zero attached hydrogens (tertiary/aromatic N) is 2. The molecule has 0 saturated heterocycles. The summed E-state index contributed by atoms with van der Waals surface area (Å²) in [5.41, 5.74) is 2.46. The first-order chi connectivity index (χ1) is 16.5. The Morgan fingerprint density at radius 1 is 1.15 bits per heavy atom. The minimum Gasteiger partial charge on any atom is -0.493 e. The summed E-state index contributed by atoms with van der Waals surface area (Å²) in [5, 5.41) is 19.0. The summed E-state index contributed by atoms with van der Waals surface area (Å²) in [6, 6.07) is 18.9. The van der Waals surface area contributed by atoms with Crippen molar-refractivity contribution in [3.8, 4) is 23.3 Å². The van der Waals surface area contributed by atoms with Gasteiger partial charge < -0.3 is 19.0 Å². The van der Waals surface area contributed by atoms with Gasteiger partial charge in [0.2, 0.25) is 5.89 Å². The number of benzene rings is 3. The highest BCUT2D eigenvalue weighted by atomic mass is 16.5. The zero-order valence-electron chi connectivity index (χ0n) is 17.9. The van der Waals surface area contributed by atoms with Gasteiger partial charge in [-0.1, -0.05) is 12.1 Å². The molecule has 0 spiro atoms. The molecule has 0 aliphatic carbocycles. The number of para-hydroxylation sites is 2. The Morgan fingerprint density at radius 2 is 1.94 bits per heavy atom. The molecule has 1 N–H and O–H groups in total. The van der Waals surface area contributed by atoms with Crippen molar-refractivity contribution in [1.29, 1.82) is 5.26 Å². The maximum atomic E-state index is 12.7. The second kappa shape index (κ2) is 8.71. The number of carbonyl (C=O) groups excluding carboxylic acids is 1. The molecule has 0 fully saturated rings. The van der Waals surface area contributed by atoms with Crippen molar-refractivity contribution in [1.82, 2.24) is 4.98 Å². The fourth-order valence-electron chi connectivity index (χ4n) is 3.92. The normalized spacial score (nSPS) is 14.6. The summed E-state index contributed by atoms with van der Waals surface area (Å²) >= 11 is 0. The van der Waals surface area contributed by atoms with Crippen LogP contribution in [-0.4, -0.2) is 28.4 Å². The molecular weight excluding hydrogens is 436 g/mol. The Labute approximate surface area is 194 Å². The topological polar surface area (TPSA) is 123 Å². The van der Waals surface area contributed by atoms with Crippen LogP contribution >= 0.6 is 0 Å². The van der Waals surface area contributed by atoms with Crippen molar-refractivity contribution >= 4 is 22.9 Å². The summed E-state index contributed by atoms with van der Waals surface area (Å²) in [6.45, 7) is 0.270. The van der Waals surface area contributed by atoms with E-state index in [0.717, 1.165) is 0 Å². The van der Waals surface area contributed by atoms with Crippen LogP contribution < -0.4 is 9.47 Å². The quantitative estimate of drug-likeness (QED) is 0.410. The number of Topliss-reactive ketones (excluding diaryl/α,β-unsaturated/α-hetero) is 1. The molecule has 1 unspecified atom stereocenters. The molecule has 5 rings (SSSR count). The van der Waals surface area contributed by atoms with Crippen LogP contribution in [0.2, 0.25) is 0 Å². The van der Waals surface area contributed by atoms with Crippen LogP contribution in [0, 0.1) is 11.3 Å². The average Bonchev–Trinajstić information content (AvgIpc) is 3.25. The first kappa shape index (κ1) is 21.2. The second-order valence-electron chi connectivity index (χ2n) is 7.83. The molecule has 3 aromatic carbocycles. The molecule has 0 saturated carbocycles. The van der Waals surface area contributed by atoms with E-state index >= 15 is 0 Å². The van der Waals surface area contributed by atoms with E-state index in [9.17, 15) is 20.0 Å². The standard InChI is InChI=1S/C26H18N2O6/c27-14-16-11-19-18(26(30)31)9-10-32-24(19)13-23(16)33-17-7-5-15(6-8-17)21(29)12-25-28-20-3-1-2-4-22(20)34-25/h1-8,11,13,18H,9-10,12H2,(H,30,31). The SMILES string of the molecule is N#Cc1cc2c(cc1Oc1ccc(C(=O)Cc3nc4ccccc4o3)cc1)OCCC2C(=O)O. The number of ether oxygens (including phenoxy) is 2. The second-order valence-corrected chi connectivity index (χ2v) is 7.83. The van der Waals surface area contributed by atoms with Crippen LogP contribution in [-0.2, 0) is 11.2 Å². The molecule has 0 radical (unpaired) electrons. The molecule has 1 atom stereocenters. The van der Waals surface area contributed by atoms with Gasteiger partial charge in [0.15, 0.2) is 11.4 Å². The maximum absolute atomic E-state index is 12.7. The van der Waals surface area contributed by atoms with Crippen molar-refractivity contribution in [2.75, 3.05) is 6.61 Å². The number of aliphatic carboxylic acids is 1. The summed E-state index contributed by atoms with van der Waals surface area (Å²) in [4.78, 5) is 28.5. The molecule has 168 valence electrons. The summed E-state index contributed by atoms with van der Waals surface area (Å²) in [7, 11) is 0. The monoisotopic (exact) mass is 454 g/mol. The molecule has 1 aliphatic heterocycles. The lowest BCUT2D eigenvalue weighted by atomic mass is 9.91. The lowest BCUT2D eigenvalue weighted by Crippen LogP contribution is -2.21. The number of carbonyl (C=O) groups is 2. The van der Waals surface area contributed by atoms with Gasteiger partial charge in [0, 0.05) is 17.2 Å². The first-order valence-electron chi connectivity index (χ1n) is 10.6. The smallest absolute Gasteiger partial charge is 0.311 e. The van der Waals surface area contributed by atoms with E-state index in [1.54, 1.807) is 30.3 Å². The van der Waals surface area contributed by atoms with Gasteiger partial charge >= 0.3 is 5.97 Å². The molecule has 0 bridgehead atoms. The number of nitriles is 1. The van der Waals surface area contributed by atoms with Crippen molar-refractivity contribution in [3.05, 3.63) is 83.2 Å². The van der Waals surface area contributed by atoms with Gasteiger partial charge in [-0.15, -0.1) is 0 Å². The van der Waals surface area contributed by atoms with Crippen LogP contribution in [0.4, 0.5) is 0 Å². The van der Waals surface area contributed by atoms with Gasteiger partial charge in [-0.3, -0.25) is 9.59 Å². The van der Waals surface area contributed by atoms with Crippen molar-refractivity contribution in [2.45, 2.75) is 18.8 Å². The number of ketones is 1. The molecule has 8 heteroatoms. The Balaban J connectivity index is 1.33. The first-order valence-corrected chi connectivity index (χ1v) is 10.6. The zero-order chi connectivity index (χ0) is 23.7. The molecule has 8 nitrogen and oxygen atoms in total. The van der Waals surface area contributed by atoms with Crippen molar-refractivity contribution in [3.63, 3.8) is 0 Å². The minimum absolute atomic E-state index is 0.0281. The predicted molar refractivity (Wildman–Crippen MR) is 120 cm³/mol. The average molecular weight is 454 g/mol. The number of oxazole rings is 1. The van der Waals surface area contributed by atoms with E-state index < -0.39 is 11.9 Å². The third-order valence-electron chi connectivity index (χ3n) is 5.62. The highest BCUT2D eigenvalue weighted by molar-refractivity contribution is 5.97. The summed E-state index contributed by atoms with van der Waals surface area (Å²) in [5.74, 6) is -0.440. The third kappa shape index (κ3) is 4.07. The third-order valence-corrected chi connectivity index (χ3v) is 5.62. The van der Waals surface area contributed by atoms with E-state index in [0.29, 0.717) is 46.0 Å². The Hall–Kier alpha value is -4.64. The summed E-state index contributed by atoms with van der Waals surface area (Å²) in [6.07, 6.45) is 0.368. The highest BCUT2D eigenvalue weighted by Gasteiger charge is 2.29. The van der Waals surface area contributed by atoms with E-state index in [2.05, 4.69) is 4.98 Å². The van der Waals surface area contributed by atoms with Gasteiger partial charge in [-0.05, 0) is 48.9 Å². The molecule has 1 aliphatic rings. The van der Waals surface area contributed by atoms with E-state index in [4.69, 9.17) is 13.9 Å². The van der Waals surface area contributed by atoms with E-state index in [1.165, 1.54) is 12.1 Å². The number of aromatic nitrogens is 1. The van der Waals surface area contributed by atoms with Gasteiger partial charge in [-0.25, -0.2) is 4.98 Å². The number of carboxylic acids is 1. The van der Waals surface area contributed by atoms with Gasteiger partial charge in [-0.2, -0.15) is 5.26 Å². The number of hydrogen-bond donors (Lipinski definition) is 1. The lowest BCUT2D eigenvalue weighted by Gasteiger charge is -2.24. The van der Waals surface area contributed by atoms with Crippen molar-refractivity contribution < 1.29 is 28.6 Å². The number of fused-ring (bicyclic) bond motifs is 2. The maximum Gasteiger partial charge on any atom is 0.311 e. The summed E-state index contributed by atoms with van der Waals surface area (Å²) < 4.78 is 17.1. The van der Waals surface area contributed by atoms with Crippen LogP contribution in [0.1, 0.15) is 39.7 Å². The minimum atomic E-state index is -0.958. The van der Waals surface area contributed by atoms with Crippen LogP contribution in [0.3, 0.4) is 0 Å². The molecule has 2 heterocycles. The van der Waals surface area contributed by atoms with E-state index in [1.807, 2.05) is 24.3 Å². The van der Waals surface area contributed by atoms with Gasteiger partial charge in [0.1, 0.15) is 28.8 Å². The number of carboxylic acid groups (broad SMARTS) is 1. The molecular formula is C26H18N2O6. The van der Waals surface area contributed by atoms with Gasteiger partial charge in [0.25, 0.3) is 0 Å². The lowest BCUT2D eigenvalue weighted by molar-refractivity contribution is -0.139.